The average Bonchev–Trinajstić information content (AvgIpc) is 2.23. The van der Waals surface area contributed by atoms with Crippen LogP contribution in [0, 0.1) is 6.92 Å². The van der Waals surface area contributed by atoms with Crippen LogP contribution in [0.25, 0.3) is 0 Å². The van der Waals surface area contributed by atoms with E-state index in [0.717, 1.165) is 11.1 Å². The normalized spacial score (nSPS) is 19.4. The molecule has 1 aromatic rings. The Labute approximate surface area is 89.0 Å². The van der Waals surface area contributed by atoms with Crippen molar-refractivity contribution in [1.82, 2.24) is 0 Å². The van der Waals surface area contributed by atoms with E-state index in [1.54, 1.807) is 7.11 Å². The first kappa shape index (κ1) is 10.0. The van der Waals surface area contributed by atoms with E-state index in [9.17, 15) is 4.79 Å². The fourth-order valence-corrected chi connectivity index (χ4v) is 1.95. The van der Waals surface area contributed by atoms with Gasteiger partial charge in [-0.1, -0.05) is 19.1 Å². The van der Waals surface area contributed by atoms with Crippen molar-refractivity contribution in [2.75, 3.05) is 13.7 Å². The van der Waals surface area contributed by atoms with Gasteiger partial charge in [0.2, 0.25) is 0 Å². The van der Waals surface area contributed by atoms with Crippen molar-refractivity contribution in [1.29, 1.82) is 0 Å². The molecule has 0 amide bonds. The fourth-order valence-electron chi connectivity index (χ4n) is 1.95. The number of rotatable bonds is 1. The van der Waals surface area contributed by atoms with E-state index in [4.69, 9.17) is 9.47 Å². The van der Waals surface area contributed by atoms with Gasteiger partial charge >= 0.3 is 5.97 Å². The minimum Gasteiger partial charge on any atom is -0.496 e. The number of esters is 1. The number of hydrogen-bond acceptors (Lipinski definition) is 3. The molecule has 15 heavy (non-hydrogen) atoms. The zero-order chi connectivity index (χ0) is 11.0. The van der Waals surface area contributed by atoms with E-state index in [2.05, 4.69) is 0 Å². The highest BCUT2D eigenvalue weighted by Gasteiger charge is 2.28. The van der Waals surface area contributed by atoms with E-state index >= 15 is 0 Å². The Kier molecular flexibility index (Phi) is 2.39. The maximum absolute atomic E-state index is 11.7. The lowest BCUT2D eigenvalue weighted by atomic mass is 9.92. The Hall–Kier alpha value is -1.51. The van der Waals surface area contributed by atoms with E-state index in [-0.39, 0.29) is 11.9 Å². The summed E-state index contributed by atoms with van der Waals surface area (Å²) < 4.78 is 10.4. The number of carbonyl (C=O) groups excluding carboxylic acids is 1. The molecule has 0 unspecified atom stereocenters. The average molecular weight is 206 g/mol. The standard InChI is InChI=1S/C12H14O3/c1-7-4-5-9-8(2)6-15-12(13)10(9)11(7)14-3/h4-5,8H,6H2,1-3H3/t8-/m1/s1. The number of ether oxygens (including phenoxy) is 2. The second-order valence-electron chi connectivity index (χ2n) is 3.88. The Balaban J connectivity index is 2.67. The van der Waals surface area contributed by atoms with Crippen LogP contribution in [0.15, 0.2) is 12.1 Å². The van der Waals surface area contributed by atoms with Gasteiger partial charge in [-0.05, 0) is 18.1 Å². The van der Waals surface area contributed by atoms with Crippen molar-refractivity contribution in [3.8, 4) is 5.75 Å². The van der Waals surface area contributed by atoms with E-state index in [0.29, 0.717) is 17.9 Å². The SMILES string of the molecule is COc1c(C)ccc2c1C(=O)OC[C@H]2C. The molecule has 0 aromatic heterocycles. The highest BCUT2D eigenvalue weighted by Crippen LogP contribution is 2.34. The summed E-state index contributed by atoms with van der Waals surface area (Å²) in [5.41, 5.74) is 2.58. The summed E-state index contributed by atoms with van der Waals surface area (Å²) in [6, 6.07) is 3.96. The number of methoxy groups -OCH3 is 1. The smallest absolute Gasteiger partial charge is 0.342 e. The van der Waals surface area contributed by atoms with Gasteiger partial charge in [0, 0.05) is 5.92 Å². The first-order valence-electron chi connectivity index (χ1n) is 4.99. The van der Waals surface area contributed by atoms with Gasteiger partial charge in [0.1, 0.15) is 11.3 Å². The van der Waals surface area contributed by atoms with Crippen molar-refractivity contribution >= 4 is 5.97 Å². The maximum Gasteiger partial charge on any atom is 0.342 e. The van der Waals surface area contributed by atoms with Gasteiger partial charge in [0.05, 0.1) is 13.7 Å². The lowest BCUT2D eigenvalue weighted by Crippen LogP contribution is -2.22. The lowest BCUT2D eigenvalue weighted by molar-refractivity contribution is 0.0444. The minimum absolute atomic E-state index is 0.243. The third-order valence-electron chi connectivity index (χ3n) is 2.79. The summed E-state index contributed by atoms with van der Waals surface area (Å²) in [7, 11) is 1.58. The van der Waals surface area contributed by atoms with Crippen LogP contribution in [-0.2, 0) is 4.74 Å². The number of cyclic esters (lactones) is 1. The van der Waals surface area contributed by atoms with Crippen LogP contribution in [0.5, 0.6) is 5.75 Å². The molecule has 1 aliphatic rings. The Morgan fingerprint density at radius 1 is 1.47 bits per heavy atom. The molecule has 0 aliphatic carbocycles. The lowest BCUT2D eigenvalue weighted by Gasteiger charge is -2.24. The minimum atomic E-state index is -0.274. The zero-order valence-corrected chi connectivity index (χ0v) is 9.16. The molecule has 1 aliphatic heterocycles. The van der Waals surface area contributed by atoms with Crippen LogP contribution in [0.3, 0.4) is 0 Å². The summed E-state index contributed by atoms with van der Waals surface area (Å²) in [4.78, 5) is 11.7. The van der Waals surface area contributed by atoms with Gasteiger partial charge < -0.3 is 9.47 Å². The monoisotopic (exact) mass is 206 g/mol. The van der Waals surface area contributed by atoms with Crippen molar-refractivity contribution in [3.63, 3.8) is 0 Å². The summed E-state index contributed by atoms with van der Waals surface area (Å²) in [6.07, 6.45) is 0. The summed E-state index contributed by atoms with van der Waals surface area (Å²) >= 11 is 0. The molecular weight excluding hydrogens is 192 g/mol. The quantitative estimate of drug-likeness (QED) is 0.661. The van der Waals surface area contributed by atoms with Crippen molar-refractivity contribution in [2.45, 2.75) is 19.8 Å². The molecule has 3 nitrogen and oxygen atoms in total. The predicted molar refractivity (Wildman–Crippen MR) is 56.4 cm³/mol. The topological polar surface area (TPSA) is 35.5 Å². The van der Waals surface area contributed by atoms with Crippen LogP contribution < -0.4 is 4.74 Å². The molecule has 1 aromatic carbocycles. The summed E-state index contributed by atoms with van der Waals surface area (Å²) in [5.74, 6) is 0.611. The molecule has 2 rings (SSSR count). The van der Waals surface area contributed by atoms with Gasteiger partial charge in [0.15, 0.2) is 0 Å². The molecular formula is C12H14O3. The number of carbonyl (C=O) groups is 1. The zero-order valence-electron chi connectivity index (χ0n) is 9.16. The number of benzene rings is 1. The van der Waals surface area contributed by atoms with Crippen LogP contribution in [0.2, 0.25) is 0 Å². The van der Waals surface area contributed by atoms with Gasteiger partial charge in [-0.3, -0.25) is 0 Å². The molecule has 0 bridgehead atoms. The molecule has 0 N–H and O–H groups in total. The van der Waals surface area contributed by atoms with Crippen LogP contribution >= 0.6 is 0 Å². The highest BCUT2D eigenvalue weighted by molar-refractivity contribution is 5.96. The van der Waals surface area contributed by atoms with Gasteiger partial charge in [-0.2, -0.15) is 0 Å². The third kappa shape index (κ3) is 1.48. The molecule has 0 fully saturated rings. The van der Waals surface area contributed by atoms with Gasteiger partial charge in [-0.15, -0.1) is 0 Å². The molecule has 80 valence electrons. The summed E-state index contributed by atoms with van der Waals surface area (Å²) in [5, 5.41) is 0. The maximum atomic E-state index is 11.7. The Bertz CT molecular complexity index is 410. The van der Waals surface area contributed by atoms with Crippen LogP contribution in [0.4, 0.5) is 0 Å². The fraction of sp³-hybridized carbons (Fsp3) is 0.417. The summed E-state index contributed by atoms with van der Waals surface area (Å²) in [6.45, 7) is 4.42. The van der Waals surface area contributed by atoms with Gasteiger partial charge in [-0.25, -0.2) is 4.79 Å². The van der Waals surface area contributed by atoms with Crippen molar-refractivity contribution in [3.05, 3.63) is 28.8 Å². The molecule has 0 spiro atoms. The first-order valence-corrected chi connectivity index (χ1v) is 4.99. The molecule has 3 heteroatoms. The molecule has 1 atom stereocenters. The Morgan fingerprint density at radius 2 is 2.20 bits per heavy atom. The van der Waals surface area contributed by atoms with E-state index in [1.807, 2.05) is 26.0 Å². The van der Waals surface area contributed by atoms with Crippen LogP contribution in [-0.4, -0.2) is 19.7 Å². The molecule has 0 saturated heterocycles. The number of fused-ring (bicyclic) bond motifs is 1. The molecule has 0 saturated carbocycles. The third-order valence-corrected chi connectivity index (χ3v) is 2.79. The second-order valence-corrected chi connectivity index (χ2v) is 3.88. The van der Waals surface area contributed by atoms with E-state index < -0.39 is 0 Å². The van der Waals surface area contributed by atoms with Crippen LogP contribution in [0.1, 0.15) is 34.3 Å². The number of aryl methyl sites for hydroxylation is 1. The second kappa shape index (κ2) is 3.57. The highest BCUT2D eigenvalue weighted by atomic mass is 16.5. The molecule has 1 heterocycles. The first-order chi connectivity index (χ1) is 7.15. The van der Waals surface area contributed by atoms with Crippen molar-refractivity contribution < 1.29 is 14.3 Å². The largest absolute Gasteiger partial charge is 0.496 e. The Morgan fingerprint density at radius 3 is 2.87 bits per heavy atom. The molecule has 0 radical (unpaired) electrons. The van der Waals surface area contributed by atoms with E-state index in [1.165, 1.54) is 0 Å². The van der Waals surface area contributed by atoms with Crippen molar-refractivity contribution in [2.24, 2.45) is 0 Å². The predicted octanol–water partition coefficient (Wildman–Crippen LogP) is 2.28. The number of hydrogen-bond donors (Lipinski definition) is 0. The van der Waals surface area contributed by atoms with Gasteiger partial charge in [0.25, 0.3) is 0 Å².